The highest BCUT2D eigenvalue weighted by atomic mass is 32.2. The summed E-state index contributed by atoms with van der Waals surface area (Å²) in [5, 5.41) is -0.314. The van der Waals surface area contributed by atoms with E-state index in [2.05, 4.69) is 0 Å². The molecule has 4 rings (SSSR count). The SMILES string of the molecule is O=C1S/C(=C\c2ccc(N3CCOCC3)c(F)c2)C(=O)N1Cc1ccccc1. The second kappa shape index (κ2) is 8.16. The van der Waals surface area contributed by atoms with Gasteiger partial charge in [0.1, 0.15) is 5.82 Å². The minimum atomic E-state index is -0.350. The molecule has 0 aromatic heterocycles. The third kappa shape index (κ3) is 3.95. The number of carbonyl (C=O) groups is 2. The van der Waals surface area contributed by atoms with Gasteiger partial charge in [-0.05, 0) is 41.1 Å². The highest BCUT2D eigenvalue weighted by Gasteiger charge is 2.35. The zero-order valence-electron chi connectivity index (χ0n) is 15.1. The van der Waals surface area contributed by atoms with Crippen molar-refractivity contribution >= 4 is 34.7 Å². The fourth-order valence-corrected chi connectivity index (χ4v) is 4.07. The third-order valence-corrected chi connectivity index (χ3v) is 5.59. The third-order valence-electron chi connectivity index (χ3n) is 4.68. The fourth-order valence-electron chi connectivity index (χ4n) is 3.23. The Morgan fingerprint density at radius 1 is 1.07 bits per heavy atom. The number of ether oxygens (including phenoxy) is 1. The largest absolute Gasteiger partial charge is 0.378 e. The number of morpholine rings is 1. The molecule has 2 saturated heterocycles. The summed E-state index contributed by atoms with van der Waals surface area (Å²) in [6.45, 7) is 2.68. The monoisotopic (exact) mass is 398 g/mol. The lowest BCUT2D eigenvalue weighted by molar-refractivity contribution is -0.123. The molecule has 0 aliphatic carbocycles. The van der Waals surface area contributed by atoms with E-state index >= 15 is 0 Å². The van der Waals surface area contributed by atoms with Crippen LogP contribution in [0.3, 0.4) is 0 Å². The van der Waals surface area contributed by atoms with E-state index in [9.17, 15) is 14.0 Å². The molecule has 5 nitrogen and oxygen atoms in total. The van der Waals surface area contributed by atoms with Crippen molar-refractivity contribution < 1.29 is 18.7 Å². The number of halogens is 1. The molecule has 2 aliphatic heterocycles. The van der Waals surface area contributed by atoms with Gasteiger partial charge in [-0.3, -0.25) is 14.5 Å². The minimum Gasteiger partial charge on any atom is -0.378 e. The summed E-state index contributed by atoms with van der Waals surface area (Å²) >= 11 is 0.883. The molecule has 0 radical (unpaired) electrons. The van der Waals surface area contributed by atoms with Crippen LogP contribution in [0.4, 0.5) is 14.9 Å². The number of carbonyl (C=O) groups excluding carboxylic acids is 2. The van der Waals surface area contributed by atoms with Crippen molar-refractivity contribution in [3.63, 3.8) is 0 Å². The van der Waals surface area contributed by atoms with Gasteiger partial charge in [-0.15, -0.1) is 0 Å². The summed E-state index contributed by atoms with van der Waals surface area (Å²) in [4.78, 5) is 28.3. The van der Waals surface area contributed by atoms with Gasteiger partial charge in [0.15, 0.2) is 0 Å². The topological polar surface area (TPSA) is 49.9 Å². The van der Waals surface area contributed by atoms with Crippen molar-refractivity contribution in [1.29, 1.82) is 0 Å². The maximum absolute atomic E-state index is 14.6. The molecule has 0 N–H and O–H groups in total. The molecular formula is C21H19FN2O3S. The molecule has 2 heterocycles. The average Bonchev–Trinajstić information content (AvgIpc) is 2.97. The molecule has 0 spiro atoms. The normalized spacial score (nSPS) is 19.0. The first-order valence-electron chi connectivity index (χ1n) is 9.03. The summed E-state index contributed by atoms with van der Waals surface area (Å²) in [5.41, 5.74) is 1.96. The van der Waals surface area contributed by atoms with E-state index in [4.69, 9.17) is 4.74 Å². The van der Waals surface area contributed by atoms with Crippen molar-refractivity contribution in [2.75, 3.05) is 31.2 Å². The summed E-state index contributed by atoms with van der Waals surface area (Å²) in [7, 11) is 0. The second-order valence-electron chi connectivity index (χ2n) is 6.56. The molecular weight excluding hydrogens is 379 g/mol. The highest BCUT2D eigenvalue weighted by molar-refractivity contribution is 8.18. The smallest absolute Gasteiger partial charge is 0.293 e. The molecule has 2 aromatic carbocycles. The van der Waals surface area contributed by atoms with E-state index in [0.717, 1.165) is 17.3 Å². The van der Waals surface area contributed by atoms with E-state index < -0.39 is 0 Å². The molecule has 7 heteroatoms. The van der Waals surface area contributed by atoms with Gasteiger partial charge in [0.05, 0.1) is 30.4 Å². The Kier molecular flexibility index (Phi) is 5.45. The fraction of sp³-hybridized carbons (Fsp3) is 0.238. The number of anilines is 1. The number of benzene rings is 2. The van der Waals surface area contributed by atoms with Crippen LogP contribution in [0.15, 0.2) is 53.4 Å². The molecule has 0 atom stereocenters. The number of amides is 2. The van der Waals surface area contributed by atoms with Crippen molar-refractivity contribution in [1.82, 2.24) is 4.90 Å². The summed E-state index contributed by atoms with van der Waals surface area (Å²) in [6.07, 6.45) is 1.57. The number of thioether (sulfide) groups is 1. The number of imide groups is 1. The van der Waals surface area contributed by atoms with E-state index in [-0.39, 0.29) is 23.5 Å². The molecule has 144 valence electrons. The first-order chi connectivity index (χ1) is 13.6. The lowest BCUT2D eigenvalue weighted by atomic mass is 10.1. The van der Waals surface area contributed by atoms with Crippen LogP contribution in [0.25, 0.3) is 6.08 Å². The standard InChI is InChI=1S/C21H19FN2O3S/c22-17-12-16(6-7-18(17)23-8-10-27-11-9-23)13-19-20(25)24(21(26)28-19)14-15-4-2-1-3-5-15/h1-7,12-13H,8-11,14H2/b19-13-. The maximum atomic E-state index is 14.6. The van der Waals surface area contributed by atoms with Gasteiger partial charge in [-0.25, -0.2) is 4.39 Å². The Morgan fingerprint density at radius 3 is 2.54 bits per heavy atom. The first kappa shape index (κ1) is 18.7. The predicted molar refractivity (Wildman–Crippen MR) is 107 cm³/mol. The van der Waals surface area contributed by atoms with Gasteiger partial charge in [0, 0.05) is 13.1 Å². The van der Waals surface area contributed by atoms with Gasteiger partial charge in [-0.2, -0.15) is 0 Å². The molecule has 0 bridgehead atoms. The van der Waals surface area contributed by atoms with E-state index in [0.29, 0.717) is 42.5 Å². The number of rotatable bonds is 4. The molecule has 2 aliphatic rings. The van der Waals surface area contributed by atoms with E-state index in [1.165, 1.54) is 11.0 Å². The van der Waals surface area contributed by atoms with E-state index in [1.54, 1.807) is 18.2 Å². The van der Waals surface area contributed by atoms with Gasteiger partial charge in [0.2, 0.25) is 0 Å². The maximum Gasteiger partial charge on any atom is 0.293 e. The quantitative estimate of drug-likeness (QED) is 0.731. The zero-order valence-corrected chi connectivity index (χ0v) is 16.0. The van der Waals surface area contributed by atoms with Crippen LogP contribution in [0, 0.1) is 5.82 Å². The minimum absolute atomic E-state index is 0.229. The van der Waals surface area contributed by atoms with Crippen molar-refractivity contribution in [3.8, 4) is 0 Å². The van der Waals surface area contributed by atoms with Crippen LogP contribution >= 0.6 is 11.8 Å². The number of hydrogen-bond acceptors (Lipinski definition) is 5. The van der Waals surface area contributed by atoms with Crippen LogP contribution < -0.4 is 4.90 Å². The van der Waals surface area contributed by atoms with Gasteiger partial charge in [-0.1, -0.05) is 36.4 Å². The summed E-state index contributed by atoms with van der Waals surface area (Å²) in [6, 6.07) is 14.2. The van der Waals surface area contributed by atoms with Crippen LogP contribution in [0.1, 0.15) is 11.1 Å². The van der Waals surface area contributed by atoms with Gasteiger partial charge >= 0.3 is 0 Å². The lowest BCUT2D eigenvalue weighted by Gasteiger charge is -2.29. The van der Waals surface area contributed by atoms with Gasteiger partial charge < -0.3 is 9.64 Å². The van der Waals surface area contributed by atoms with Crippen LogP contribution in [0.2, 0.25) is 0 Å². The van der Waals surface area contributed by atoms with Crippen molar-refractivity contribution in [2.24, 2.45) is 0 Å². The average molecular weight is 398 g/mol. The van der Waals surface area contributed by atoms with Crippen LogP contribution in [-0.4, -0.2) is 42.3 Å². The molecule has 28 heavy (non-hydrogen) atoms. The Morgan fingerprint density at radius 2 is 1.82 bits per heavy atom. The summed E-state index contributed by atoms with van der Waals surface area (Å²) in [5.74, 6) is -0.698. The zero-order chi connectivity index (χ0) is 19.5. The Hall–Kier alpha value is -2.64. The Bertz CT molecular complexity index is 927. The number of nitrogens with zero attached hydrogens (tertiary/aromatic N) is 2. The predicted octanol–water partition coefficient (Wildman–Crippen LogP) is 3.90. The first-order valence-corrected chi connectivity index (χ1v) is 9.85. The van der Waals surface area contributed by atoms with Crippen LogP contribution in [0.5, 0.6) is 0 Å². The Balaban J connectivity index is 1.51. The van der Waals surface area contributed by atoms with Crippen LogP contribution in [-0.2, 0) is 16.1 Å². The highest BCUT2D eigenvalue weighted by Crippen LogP contribution is 2.34. The van der Waals surface area contributed by atoms with Crippen molar-refractivity contribution in [3.05, 3.63) is 70.4 Å². The number of hydrogen-bond donors (Lipinski definition) is 0. The van der Waals surface area contributed by atoms with Crippen molar-refractivity contribution in [2.45, 2.75) is 6.54 Å². The summed E-state index contributed by atoms with van der Waals surface area (Å²) < 4.78 is 19.9. The molecule has 2 fully saturated rings. The molecule has 2 amide bonds. The lowest BCUT2D eigenvalue weighted by Crippen LogP contribution is -2.36. The second-order valence-corrected chi connectivity index (χ2v) is 7.56. The molecule has 2 aromatic rings. The molecule has 0 unspecified atom stereocenters. The van der Waals surface area contributed by atoms with E-state index in [1.807, 2.05) is 35.2 Å². The van der Waals surface area contributed by atoms with Gasteiger partial charge in [0.25, 0.3) is 11.1 Å². The molecule has 0 saturated carbocycles. The Labute approximate surface area is 166 Å².